The number of esters is 1. The Morgan fingerprint density at radius 1 is 1.41 bits per heavy atom. The van der Waals surface area contributed by atoms with Gasteiger partial charge in [0.25, 0.3) is 0 Å². The van der Waals surface area contributed by atoms with Crippen LogP contribution >= 0.6 is 0 Å². The van der Waals surface area contributed by atoms with Gasteiger partial charge in [-0.25, -0.2) is 4.68 Å². The third-order valence-electron chi connectivity index (χ3n) is 4.37. The van der Waals surface area contributed by atoms with Gasteiger partial charge in [-0.05, 0) is 25.5 Å². The van der Waals surface area contributed by atoms with Crippen molar-refractivity contribution in [2.24, 2.45) is 0 Å². The Bertz CT molecular complexity index is 890. The fourth-order valence-corrected chi connectivity index (χ4v) is 3.27. The third-order valence-corrected chi connectivity index (χ3v) is 4.37. The van der Waals surface area contributed by atoms with Gasteiger partial charge < -0.3 is 10.1 Å². The summed E-state index contributed by atoms with van der Waals surface area (Å²) in [7, 11) is 0. The van der Waals surface area contributed by atoms with Crippen molar-refractivity contribution in [3.8, 4) is 0 Å². The van der Waals surface area contributed by atoms with Gasteiger partial charge in [-0.1, -0.05) is 18.2 Å². The fourth-order valence-electron chi connectivity index (χ4n) is 3.27. The molecule has 144 valence electrons. The lowest BCUT2D eigenvalue weighted by Crippen LogP contribution is -2.26. The van der Waals surface area contributed by atoms with Crippen molar-refractivity contribution in [1.29, 1.82) is 0 Å². The number of nitrogens with one attached hydrogen (secondary N) is 1. The fraction of sp³-hybridized carbons (Fsp3) is 0.389. The van der Waals surface area contributed by atoms with E-state index in [2.05, 4.69) is 10.4 Å². The summed E-state index contributed by atoms with van der Waals surface area (Å²) >= 11 is 0. The summed E-state index contributed by atoms with van der Waals surface area (Å²) < 4.78 is 45.4. The summed E-state index contributed by atoms with van der Waals surface area (Å²) in [5.41, 5.74) is 0.749. The van der Waals surface area contributed by atoms with Gasteiger partial charge in [0.1, 0.15) is 12.4 Å². The van der Waals surface area contributed by atoms with E-state index in [1.54, 1.807) is 19.9 Å². The molecule has 6 nitrogen and oxygen atoms in total. The average Bonchev–Trinajstić information content (AvgIpc) is 2.89. The topological polar surface area (TPSA) is 73.2 Å². The molecule has 0 aliphatic carbocycles. The Balaban J connectivity index is 2.03. The maximum Gasteiger partial charge on any atom is 0.416 e. The van der Waals surface area contributed by atoms with E-state index in [1.807, 2.05) is 0 Å². The van der Waals surface area contributed by atoms with Crippen molar-refractivity contribution in [3.63, 3.8) is 0 Å². The highest BCUT2D eigenvalue weighted by atomic mass is 19.4. The number of ether oxygens (including phenoxy) is 1. The highest BCUT2D eigenvalue weighted by Gasteiger charge is 2.35. The number of nitrogens with zero attached hydrogens (tertiary/aromatic N) is 2. The molecule has 9 heteroatoms. The van der Waals surface area contributed by atoms with E-state index in [4.69, 9.17) is 4.74 Å². The average molecular weight is 381 g/mol. The van der Waals surface area contributed by atoms with Crippen LogP contribution in [0.1, 0.15) is 41.6 Å². The molecule has 0 radical (unpaired) electrons. The zero-order valence-corrected chi connectivity index (χ0v) is 14.8. The van der Waals surface area contributed by atoms with E-state index in [0.29, 0.717) is 22.6 Å². The maximum absolute atomic E-state index is 13.1. The van der Waals surface area contributed by atoms with Crippen LogP contribution < -0.4 is 5.32 Å². The molecule has 2 aromatic rings. The minimum absolute atomic E-state index is 0.000248. The van der Waals surface area contributed by atoms with Crippen LogP contribution in [0.15, 0.2) is 24.3 Å². The number of aromatic nitrogens is 2. The van der Waals surface area contributed by atoms with E-state index in [9.17, 15) is 22.8 Å². The van der Waals surface area contributed by atoms with Crippen molar-refractivity contribution in [3.05, 3.63) is 46.6 Å². The van der Waals surface area contributed by atoms with Gasteiger partial charge in [0.05, 0.1) is 17.9 Å². The number of halogens is 3. The van der Waals surface area contributed by atoms with Crippen LogP contribution in [0.4, 0.5) is 19.0 Å². The van der Waals surface area contributed by atoms with Crippen LogP contribution in [0.2, 0.25) is 0 Å². The lowest BCUT2D eigenvalue weighted by atomic mass is 9.85. The van der Waals surface area contributed by atoms with Crippen LogP contribution in [0, 0.1) is 6.92 Å². The summed E-state index contributed by atoms with van der Waals surface area (Å²) in [6.07, 6.45) is -4.47. The monoisotopic (exact) mass is 381 g/mol. The number of hydrogen-bond acceptors (Lipinski definition) is 4. The lowest BCUT2D eigenvalue weighted by Gasteiger charge is -2.25. The van der Waals surface area contributed by atoms with Gasteiger partial charge in [0, 0.05) is 17.9 Å². The van der Waals surface area contributed by atoms with Gasteiger partial charge in [-0.2, -0.15) is 18.3 Å². The molecule has 27 heavy (non-hydrogen) atoms. The van der Waals surface area contributed by atoms with Crippen LogP contribution in [-0.4, -0.2) is 28.3 Å². The number of amides is 1. The molecule has 1 atom stereocenters. The second-order valence-corrected chi connectivity index (χ2v) is 6.24. The molecule has 0 unspecified atom stereocenters. The van der Waals surface area contributed by atoms with Crippen LogP contribution in [0.5, 0.6) is 0 Å². The molecular weight excluding hydrogens is 363 g/mol. The molecule has 3 rings (SSSR count). The molecule has 2 heterocycles. The smallest absolute Gasteiger partial charge is 0.416 e. The molecule has 0 bridgehead atoms. The predicted octanol–water partition coefficient (Wildman–Crippen LogP) is 3.25. The van der Waals surface area contributed by atoms with Gasteiger partial charge in [-0.15, -0.1) is 0 Å². The van der Waals surface area contributed by atoms with Gasteiger partial charge in [-0.3, -0.25) is 9.59 Å². The van der Waals surface area contributed by atoms with Crippen molar-refractivity contribution >= 4 is 17.7 Å². The number of rotatable bonds is 4. The first kappa shape index (κ1) is 18.9. The van der Waals surface area contributed by atoms with Crippen molar-refractivity contribution in [2.45, 2.75) is 38.9 Å². The summed E-state index contributed by atoms with van der Waals surface area (Å²) in [5.74, 6) is -1.13. The predicted molar refractivity (Wildman–Crippen MR) is 90.1 cm³/mol. The quantitative estimate of drug-likeness (QED) is 0.826. The number of benzene rings is 1. The molecule has 1 amide bonds. The van der Waals surface area contributed by atoms with E-state index in [-0.39, 0.29) is 25.5 Å². The lowest BCUT2D eigenvalue weighted by molar-refractivity contribution is -0.144. The SMILES string of the molecule is CCOC(=O)Cn1nc(C)c2c1NC(=O)C[C@@H]2c1cccc(C(F)(F)F)c1. The minimum atomic E-state index is -4.47. The van der Waals surface area contributed by atoms with E-state index in [1.165, 1.54) is 10.7 Å². The van der Waals surface area contributed by atoms with Gasteiger partial charge >= 0.3 is 12.1 Å². The standard InChI is InChI=1S/C18H18F3N3O3/c1-3-27-15(26)9-24-17-16(10(2)23-24)13(8-14(25)22-17)11-5-4-6-12(7-11)18(19,20)21/h4-7,13H,3,8-9H2,1-2H3,(H,22,25)/t13-/m1/s1. The minimum Gasteiger partial charge on any atom is -0.465 e. The van der Waals surface area contributed by atoms with Gasteiger partial charge in [0.15, 0.2) is 0 Å². The van der Waals surface area contributed by atoms with Crippen molar-refractivity contribution < 1.29 is 27.5 Å². The largest absolute Gasteiger partial charge is 0.465 e. The van der Waals surface area contributed by atoms with Crippen LogP contribution in [-0.2, 0) is 27.0 Å². The molecule has 0 fully saturated rings. The highest BCUT2D eigenvalue weighted by Crippen LogP contribution is 2.40. The van der Waals surface area contributed by atoms with Crippen molar-refractivity contribution in [2.75, 3.05) is 11.9 Å². The Kier molecular flexibility index (Phi) is 4.95. The summed E-state index contributed by atoms with van der Waals surface area (Å²) in [4.78, 5) is 23.9. The van der Waals surface area contributed by atoms with Crippen LogP contribution in [0.25, 0.3) is 0 Å². The van der Waals surface area contributed by atoms with Gasteiger partial charge in [0.2, 0.25) is 5.91 Å². The van der Waals surface area contributed by atoms with E-state index in [0.717, 1.165) is 12.1 Å². The zero-order chi connectivity index (χ0) is 19.8. The molecule has 1 N–H and O–H groups in total. The molecule has 1 aromatic carbocycles. The molecule has 0 spiro atoms. The summed E-state index contributed by atoms with van der Waals surface area (Å²) in [6.45, 7) is 3.38. The number of hydrogen-bond donors (Lipinski definition) is 1. The van der Waals surface area contributed by atoms with Crippen LogP contribution in [0.3, 0.4) is 0 Å². The molecule has 1 aromatic heterocycles. The number of anilines is 1. The molecule has 1 aliphatic rings. The summed E-state index contributed by atoms with van der Waals surface area (Å²) in [6, 6.07) is 4.92. The first-order chi connectivity index (χ1) is 12.7. The number of carbonyl (C=O) groups is 2. The maximum atomic E-state index is 13.1. The third kappa shape index (κ3) is 3.81. The second kappa shape index (κ2) is 7.05. The first-order valence-corrected chi connectivity index (χ1v) is 8.40. The first-order valence-electron chi connectivity index (χ1n) is 8.40. The van der Waals surface area contributed by atoms with E-state index < -0.39 is 23.6 Å². The Morgan fingerprint density at radius 3 is 2.81 bits per heavy atom. The molecule has 0 saturated heterocycles. The summed E-state index contributed by atoms with van der Waals surface area (Å²) in [5, 5.41) is 6.95. The number of aryl methyl sites for hydroxylation is 1. The second-order valence-electron chi connectivity index (χ2n) is 6.24. The highest BCUT2D eigenvalue weighted by molar-refractivity contribution is 5.95. The molecular formula is C18H18F3N3O3. The zero-order valence-electron chi connectivity index (χ0n) is 14.8. The normalized spacial score (nSPS) is 16.6. The number of carbonyl (C=O) groups excluding carboxylic acids is 2. The Labute approximate surface area is 153 Å². The molecule has 0 saturated carbocycles. The molecule has 1 aliphatic heterocycles. The number of fused-ring (bicyclic) bond motifs is 1. The van der Waals surface area contributed by atoms with E-state index >= 15 is 0 Å². The Hall–Kier alpha value is -2.84. The Morgan fingerprint density at radius 2 is 2.15 bits per heavy atom. The van der Waals surface area contributed by atoms with Crippen molar-refractivity contribution in [1.82, 2.24) is 9.78 Å². The number of alkyl halides is 3.